The average Bonchev–Trinajstić information content (AvgIpc) is 3.13. The number of carbonyl (C=O) groups is 1. The van der Waals surface area contributed by atoms with Gasteiger partial charge in [-0.15, -0.1) is 0 Å². The predicted molar refractivity (Wildman–Crippen MR) is 74.6 cm³/mol. The summed E-state index contributed by atoms with van der Waals surface area (Å²) in [6.45, 7) is 2.54. The zero-order valence-corrected chi connectivity index (χ0v) is 11.4. The molecule has 0 unspecified atom stereocenters. The van der Waals surface area contributed by atoms with Crippen LogP contribution in [0.25, 0.3) is 0 Å². The monoisotopic (exact) mass is 267 g/mol. The lowest BCUT2D eigenvalue weighted by atomic mass is 10.0. The molecule has 18 heavy (non-hydrogen) atoms. The van der Waals surface area contributed by atoms with E-state index >= 15 is 0 Å². The van der Waals surface area contributed by atoms with Crippen molar-refractivity contribution in [2.75, 3.05) is 17.2 Å². The highest BCUT2D eigenvalue weighted by molar-refractivity contribution is 7.80. The van der Waals surface area contributed by atoms with Gasteiger partial charge in [-0.1, -0.05) is 0 Å². The molecule has 4 heteroatoms. The molecule has 0 atom stereocenters. The highest BCUT2D eigenvalue weighted by atomic mass is 32.1. The van der Waals surface area contributed by atoms with E-state index in [1.165, 1.54) is 12.1 Å². The second-order valence-electron chi connectivity index (χ2n) is 4.95. The van der Waals surface area contributed by atoms with Gasteiger partial charge >= 0.3 is 0 Å². The third-order valence-corrected chi connectivity index (χ3v) is 4.25. The fourth-order valence-corrected chi connectivity index (χ4v) is 2.54. The molecule has 98 valence electrons. The van der Waals surface area contributed by atoms with Gasteiger partial charge in [-0.3, -0.25) is 4.79 Å². The van der Waals surface area contributed by atoms with Gasteiger partial charge < -0.3 is 4.90 Å². The summed E-state index contributed by atoms with van der Waals surface area (Å²) in [5.74, 6) is 0.589. The van der Waals surface area contributed by atoms with E-state index in [2.05, 4.69) is 12.6 Å². The van der Waals surface area contributed by atoms with Gasteiger partial charge in [0.1, 0.15) is 5.82 Å². The molecule has 2 rings (SSSR count). The number of benzene rings is 1. The van der Waals surface area contributed by atoms with E-state index in [4.69, 9.17) is 0 Å². The number of hydrogen-bond donors (Lipinski definition) is 1. The molecule has 2 nitrogen and oxygen atoms in total. The van der Waals surface area contributed by atoms with Crippen LogP contribution in [-0.2, 0) is 4.79 Å². The summed E-state index contributed by atoms with van der Waals surface area (Å²) in [5.41, 5.74) is 0.882. The van der Waals surface area contributed by atoms with Crippen LogP contribution in [0.5, 0.6) is 0 Å². The van der Waals surface area contributed by atoms with Crippen LogP contribution >= 0.6 is 12.6 Å². The summed E-state index contributed by atoms with van der Waals surface area (Å²) < 4.78 is 12.9. The Labute approximate surface area is 113 Å². The first-order valence-electron chi connectivity index (χ1n) is 6.27. The van der Waals surface area contributed by atoms with Crippen LogP contribution in [0.4, 0.5) is 10.1 Å². The molecule has 0 aliphatic heterocycles. The van der Waals surface area contributed by atoms with Gasteiger partial charge in [0.2, 0.25) is 5.91 Å². The van der Waals surface area contributed by atoms with Gasteiger partial charge in [0.15, 0.2) is 0 Å². The van der Waals surface area contributed by atoms with Gasteiger partial charge in [-0.25, -0.2) is 4.39 Å². The first kappa shape index (κ1) is 13.4. The molecule has 0 heterocycles. The smallest absolute Gasteiger partial charge is 0.227 e. The van der Waals surface area contributed by atoms with Crippen molar-refractivity contribution in [2.24, 2.45) is 5.41 Å². The molecule has 0 spiro atoms. The van der Waals surface area contributed by atoms with E-state index in [9.17, 15) is 9.18 Å². The van der Waals surface area contributed by atoms with Crippen LogP contribution in [0.2, 0.25) is 0 Å². The molecule has 1 saturated carbocycles. The van der Waals surface area contributed by atoms with Crippen LogP contribution in [0.3, 0.4) is 0 Å². The maximum absolute atomic E-state index is 12.9. The van der Waals surface area contributed by atoms with E-state index in [-0.39, 0.29) is 17.1 Å². The second-order valence-corrected chi connectivity index (χ2v) is 5.27. The van der Waals surface area contributed by atoms with Crippen molar-refractivity contribution in [1.82, 2.24) is 0 Å². The van der Waals surface area contributed by atoms with E-state index < -0.39 is 0 Å². The minimum Gasteiger partial charge on any atom is -0.313 e. The standard InChI is InChI=1S/C14H18FNOS/c1-2-16(12-5-3-11(15)4-6-12)13(17)9-14(10-18)7-8-14/h3-6,18H,2,7-10H2,1H3. The molecule has 0 aromatic heterocycles. The maximum atomic E-state index is 12.9. The summed E-state index contributed by atoms with van der Waals surface area (Å²) in [5, 5.41) is 0. The van der Waals surface area contributed by atoms with Crippen molar-refractivity contribution in [3.05, 3.63) is 30.1 Å². The van der Waals surface area contributed by atoms with E-state index in [0.29, 0.717) is 13.0 Å². The number of halogens is 1. The highest BCUT2D eigenvalue weighted by Gasteiger charge is 2.43. The molecule has 1 amide bonds. The third kappa shape index (κ3) is 2.86. The Kier molecular flexibility index (Phi) is 3.95. The van der Waals surface area contributed by atoms with Gasteiger partial charge in [-0.05, 0) is 55.2 Å². The summed E-state index contributed by atoms with van der Waals surface area (Å²) in [4.78, 5) is 14.0. The first-order chi connectivity index (χ1) is 8.60. The van der Waals surface area contributed by atoms with E-state index in [1.54, 1.807) is 17.0 Å². The van der Waals surface area contributed by atoms with Crippen molar-refractivity contribution >= 4 is 24.2 Å². The number of thiol groups is 1. The normalized spacial score (nSPS) is 16.4. The number of anilines is 1. The second kappa shape index (κ2) is 5.31. The molecule has 1 aromatic rings. The van der Waals surface area contributed by atoms with E-state index in [1.807, 2.05) is 6.92 Å². The molecule has 1 aromatic carbocycles. The third-order valence-electron chi connectivity index (χ3n) is 3.57. The molecular weight excluding hydrogens is 249 g/mol. The van der Waals surface area contributed by atoms with Crippen molar-refractivity contribution in [3.8, 4) is 0 Å². The van der Waals surface area contributed by atoms with Crippen LogP contribution < -0.4 is 4.90 Å². The lowest BCUT2D eigenvalue weighted by Crippen LogP contribution is -2.32. The van der Waals surface area contributed by atoms with Gasteiger partial charge in [0.25, 0.3) is 0 Å². The maximum Gasteiger partial charge on any atom is 0.227 e. The quantitative estimate of drug-likeness (QED) is 0.812. The Hall–Kier alpha value is -1.03. The number of rotatable bonds is 5. The lowest BCUT2D eigenvalue weighted by molar-refractivity contribution is -0.119. The van der Waals surface area contributed by atoms with Gasteiger partial charge in [0.05, 0.1) is 0 Å². The fourth-order valence-electron chi connectivity index (χ4n) is 2.11. The van der Waals surface area contributed by atoms with Gasteiger partial charge in [0, 0.05) is 18.7 Å². The Morgan fingerprint density at radius 3 is 2.44 bits per heavy atom. The molecule has 0 bridgehead atoms. The predicted octanol–water partition coefficient (Wildman–Crippen LogP) is 3.28. The minimum atomic E-state index is -0.281. The first-order valence-corrected chi connectivity index (χ1v) is 6.90. The zero-order valence-electron chi connectivity index (χ0n) is 10.5. The molecule has 1 fully saturated rings. The molecule has 0 saturated heterocycles. The summed E-state index contributed by atoms with van der Waals surface area (Å²) in [6, 6.07) is 6.07. The van der Waals surface area contributed by atoms with Crippen LogP contribution in [0, 0.1) is 11.2 Å². The van der Waals surface area contributed by atoms with Crippen LogP contribution in [0.1, 0.15) is 26.2 Å². The summed E-state index contributed by atoms with van der Waals surface area (Å²) in [7, 11) is 0. The summed E-state index contributed by atoms with van der Waals surface area (Å²) >= 11 is 4.32. The topological polar surface area (TPSA) is 20.3 Å². The number of hydrogen-bond acceptors (Lipinski definition) is 2. The van der Waals surface area contributed by atoms with Crippen LogP contribution in [0.15, 0.2) is 24.3 Å². The average molecular weight is 267 g/mol. The fraction of sp³-hybridized carbons (Fsp3) is 0.500. The van der Waals surface area contributed by atoms with Crippen molar-refractivity contribution in [2.45, 2.75) is 26.2 Å². The minimum absolute atomic E-state index is 0.107. The Balaban J connectivity index is 2.08. The van der Waals surface area contributed by atoms with Gasteiger partial charge in [-0.2, -0.15) is 12.6 Å². The van der Waals surface area contributed by atoms with Crippen LogP contribution in [-0.4, -0.2) is 18.2 Å². The SMILES string of the molecule is CCN(C(=O)CC1(CS)CC1)c1ccc(F)cc1. The molecule has 0 radical (unpaired) electrons. The molecule has 0 N–H and O–H groups in total. The highest BCUT2D eigenvalue weighted by Crippen LogP contribution is 2.50. The number of carbonyl (C=O) groups excluding carboxylic acids is 1. The van der Waals surface area contributed by atoms with Crippen molar-refractivity contribution < 1.29 is 9.18 Å². The lowest BCUT2D eigenvalue weighted by Gasteiger charge is -2.23. The number of nitrogens with zero attached hydrogens (tertiary/aromatic N) is 1. The molecule has 1 aliphatic rings. The zero-order chi connectivity index (χ0) is 13.2. The van der Waals surface area contributed by atoms with E-state index in [0.717, 1.165) is 24.3 Å². The van der Waals surface area contributed by atoms with Crippen molar-refractivity contribution in [1.29, 1.82) is 0 Å². The Bertz CT molecular complexity index is 428. The molecular formula is C14H18FNOS. The largest absolute Gasteiger partial charge is 0.313 e. The summed E-state index contributed by atoms with van der Waals surface area (Å²) in [6.07, 6.45) is 2.72. The Morgan fingerprint density at radius 1 is 1.39 bits per heavy atom. The number of amides is 1. The Morgan fingerprint density at radius 2 is 2.00 bits per heavy atom. The molecule has 1 aliphatic carbocycles. The van der Waals surface area contributed by atoms with Crippen molar-refractivity contribution in [3.63, 3.8) is 0 Å².